The van der Waals surface area contributed by atoms with Gasteiger partial charge in [-0.15, -0.1) is 0 Å². The third kappa shape index (κ3) is 5.16. The van der Waals surface area contributed by atoms with Gasteiger partial charge in [-0.25, -0.2) is 0 Å². The first kappa shape index (κ1) is 20.0. The second-order valence-corrected chi connectivity index (χ2v) is 7.53. The third-order valence-electron chi connectivity index (χ3n) is 4.97. The molecule has 6 heteroatoms. The van der Waals surface area contributed by atoms with Gasteiger partial charge < -0.3 is 10.1 Å². The van der Waals surface area contributed by atoms with Crippen molar-refractivity contribution in [1.29, 1.82) is 0 Å². The van der Waals surface area contributed by atoms with E-state index in [1.54, 1.807) is 25.3 Å². The molecule has 1 amide bonds. The molecule has 1 atom stereocenters. The van der Waals surface area contributed by atoms with Crippen LogP contribution in [0.25, 0.3) is 0 Å². The molecule has 4 nitrogen and oxygen atoms in total. The second-order valence-electron chi connectivity index (χ2n) is 6.71. The van der Waals surface area contributed by atoms with Crippen LogP contribution in [0.2, 0.25) is 10.0 Å². The summed E-state index contributed by atoms with van der Waals surface area (Å²) in [6.07, 6.45) is 2.56. The molecule has 0 aromatic heterocycles. The molecule has 1 unspecified atom stereocenters. The lowest BCUT2D eigenvalue weighted by atomic mass is 10.0. The minimum Gasteiger partial charge on any atom is -0.497 e. The number of methoxy groups -OCH3 is 1. The highest BCUT2D eigenvalue weighted by Gasteiger charge is 2.24. The van der Waals surface area contributed by atoms with Gasteiger partial charge in [-0.3, -0.25) is 9.69 Å². The standard InChI is InChI=1S/C21H24Cl2N2O2/c1-27-16-9-7-15(8-10-16)20(25-11-2-3-12-25)14-24-21(26)13-17-18(22)5-4-6-19(17)23/h4-10,20H,2-3,11-14H2,1H3,(H,24,26). The molecule has 0 bridgehead atoms. The van der Waals surface area contributed by atoms with Gasteiger partial charge in [0.15, 0.2) is 0 Å². The smallest absolute Gasteiger partial charge is 0.224 e. The number of nitrogens with one attached hydrogen (secondary N) is 1. The van der Waals surface area contributed by atoms with Gasteiger partial charge in [-0.1, -0.05) is 41.4 Å². The highest BCUT2D eigenvalue weighted by molar-refractivity contribution is 6.36. The number of likely N-dealkylation sites (tertiary alicyclic amines) is 1. The van der Waals surface area contributed by atoms with E-state index in [4.69, 9.17) is 27.9 Å². The van der Waals surface area contributed by atoms with Crippen molar-refractivity contribution < 1.29 is 9.53 Å². The van der Waals surface area contributed by atoms with Crippen LogP contribution in [-0.2, 0) is 11.2 Å². The largest absolute Gasteiger partial charge is 0.497 e. The number of carbonyl (C=O) groups is 1. The van der Waals surface area contributed by atoms with E-state index in [9.17, 15) is 4.79 Å². The Morgan fingerprint density at radius 1 is 1.11 bits per heavy atom. The Balaban J connectivity index is 1.67. The van der Waals surface area contributed by atoms with Crippen LogP contribution >= 0.6 is 23.2 Å². The Kier molecular flexibility index (Phi) is 7.00. The van der Waals surface area contributed by atoms with Crippen molar-refractivity contribution in [3.63, 3.8) is 0 Å². The molecule has 1 saturated heterocycles. The topological polar surface area (TPSA) is 41.6 Å². The quantitative estimate of drug-likeness (QED) is 0.735. The number of hydrogen-bond donors (Lipinski definition) is 1. The van der Waals surface area contributed by atoms with Crippen LogP contribution in [0.15, 0.2) is 42.5 Å². The predicted molar refractivity (Wildman–Crippen MR) is 110 cm³/mol. The minimum atomic E-state index is -0.0808. The Morgan fingerprint density at radius 3 is 2.33 bits per heavy atom. The van der Waals surface area contributed by atoms with Crippen molar-refractivity contribution >= 4 is 29.1 Å². The van der Waals surface area contributed by atoms with Gasteiger partial charge in [0.25, 0.3) is 0 Å². The van der Waals surface area contributed by atoms with Gasteiger partial charge in [-0.05, 0) is 61.3 Å². The van der Waals surface area contributed by atoms with Crippen LogP contribution in [0.4, 0.5) is 0 Å². The van der Waals surface area contributed by atoms with Gasteiger partial charge in [0.05, 0.1) is 19.6 Å². The molecule has 2 aromatic rings. The Labute approximate surface area is 170 Å². The summed E-state index contributed by atoms with van der Waals surface area (Å²) in [7, 11) is 1.66. The van der Waals surface area contributed by atoms with Gasteiger partial charge in [-0.2, -0.15) is 0 Å². The molecule has 0 spiro atoms. The molecule has 27 heavy (non-hydrogen) atoms. The number of halogens is 2. The molecule has 0 aliphatic carbocycles. The summed E-state index contributed by atoms with van der Waals surface area (Å²) in [5, 5.41) is 4.10. The van der Waals surface area contributed by atoms with Crippen LogP contribution in [0.1, 0.15) is 30.0 Å². The van der Waals surface area contributed by atoms with E-state index >= 15 is 0 Å². The van der Waals surface area contributed by atoms with E-state index in [-0.39, 0.29) is 18.4 Å². The monoisotopic (exact) mass is 406 g/mol. The molecule has 0 radical (unpaired) electrons. The summed E-state index contributed by atoms with van der Waals surface area (Å²) in [5.74, 6) is 0.749. The number of benzene rings is 2. The molecule has 1 aliphatic heterocycles. The second kappa shape index (κ2) is 9.45. The Morgan fingerprint density at radius 2 is 1.74 bits per heavy atom. The van der Waals surface area contributed by atoms with Gasteiger partial charge >= 0.3 is 0 Å². The average molecular weight is 407 g/mol. The highest BCUT2D eigenvalue weighted by atomic mass is 35.5. The fraction of sp³-hybridized carbons (Fsp3) is 0.381. The van der Waals surface area contributed by atoms with Gasteiger partial charge in [0.2, 0.25) is 5.91 Å². The zero-order valence-corrected chi connectivity index (χ0v) is 16.9. The Bertz CT molecular complexity index is 754. The van der Waals surface area contributed by atoms with Gasteiger partial charge in [0.1, 0.15) is 5.75 Å². The van der Waals surface area contributed by atoms with Crippen LogP contribution < -0.4 is 10.1 Å². The third-order valence-corrected chi connectivity index (χ3v) is 5.68. The molecule has 2 aromatic carbocycles. The fourth-order valence-electron chi connectivity index (χ4n) is 3.47. The van der Waals surface area contributed by atoms with Gasteiger partial charge in [0, 0.05) is 16.6 Å². The zero-order chi connectivity index (χ0) is 19.2. The maximum absolute atomic E-state index is 12.5. The maximum atomic E-state index is 12.5. The van der Waals surface area contributed by atoms with Crippen molar-refractivity contribution in [2.24, 2.45) is 0 Å². The van der Waals surface area contributed by atoms with Crippen LogP contribution in [0.5, 0.6) is 5.75 Å². The lowest BCUT2D eigenvalue weighted by Crippen LogP contribution is -2.37. The molecule has 1 fully saturated rings. The predicted octanol–water partition coefficient (Wildman–Crippen LogP) is 4.50. The lowest BCUT2D eigenvalue weighted by molar-refractivity contribution is -0.120. The van der Waals surface area contributed by atoms with Crippen molar-refractivity contribution in [1.82, 2.24) is 10.2 Å². The Hall–Kier alpha value is -1.75. The maximum Gasteiger partial charge on any atom is 0.224 e. The molecular formula is C21H24Cl2N2O2. The summed E-state index contributed by atoms with van der Waals surface area (Å²) < 4.78 is 5.25. The normalized spacial score (nSPS) is 15.5. The van der Waals surface area contributed by atoms with Crippen molar-refractivity contribution in [3.8, 4) is 5.75 Å². The molecule has 0 saturated carbocycles. The summed E-state index contributed by atoms with van der Waals surface area (Å²) >= 11 is 12.4. The van der Waals surface area contributed by atoms with E-state index in [0.717, 1.165) is 18.8 Å². The van der Waals surface area contributed by atoms with Crippen molar-refractivity contribution in [2.75, 3.05) is 26.7 Å². The molecule has 1 N–H and O–H groups in total. The first-order valence-corrected chi connectivity index (χ1v) is 9.91. The highest BCUT2D eigenvalue weighted by Crippen LogP contribution is 2.27. The SMILES string of the molecule is COc1ccc(C(CNC(=O)Cc2c(Cl)cccc2Cl)N2CCCC2)cc1. The minimum absolute atomic E-state index is 0.0808. The first-order chi connectivity index (χ1) is 13.1. The summed E-state index contributed by atoms with van der Waals surface area (Å²) in [6, 6.07) is 13.5. The van der Waals surface area contributed by atoms with Crippen LogP contribution in [-0.4, -0.2) is 37.6 Å². The zero-order valence-electron chi connectivity index (χ0n) is 15.4. The number of ether oxygens (including phenoxy) is 1. The number of nitrogens with zero attached hydrogens (tertiary/aromatic N) is 1. The van der Waals surface area contributed by atoms with Crippen LogP contribution in [0, 0.1) is 0 Å². The van der Waals surface area contributed by atoms with E-state index < -0.39 is 0 Å². The van der Waals surface area contributed by atoms with E-state index in [1.807, 2.05) is 12.1 Å². The molecule has 1 heterocycles. The number of carbonyl (C=O) groups excluding carboxylic acids is 1. The molecule has 1 aliphatic rings. The molecular weight excluding hydrogens is 383 g/mol. The summed E-state index contributed by atoms with van der Waals surface area (Å²) in [5.41, 5.74) is 1.84. The molecule has 3 rings (SSSR count). The van der Waals surface area contributed by atoms with E-state index in [2.05, 4.69) is 22.3 Å². The number of amides is 1. The molecule has 144 valence electrons. The average Bonchev–Trinajstić information content (AvgIpc) is 3.20. The van der Waals surface area contributed by atoms with Crippen LogP contribution in [0.3, 0.4) is 0 Å². The number of rotatable bonds is 7. The summed E-state index contributed by atoms with van der Waals surface area (Å²) in [4.78, 5) is 14.9. The van der Waals surface area contributed by atoms with E-state index in [1.165, 1.54) is 18.4 Å². The fourth-order valence-corrected chi connectivity index (χ4v) is 4.00. The first-order valence-electron chi connectivity index (χ1n) is 9.16. The van der Waals surface area contributed by atoms with Crippen molar-refractivity contribution in [2.45, 2.75) is 25.3 Å². The van der Waals surface area contributed by atoms with Crippen molar-refractivity contribution in [3.05, 3.63) is 63.6 Å². The van der Waals surface area contributed by atoms with E-state index in [0.29, 0.717) is 22.2 Å². The number of hydrogen-bond acceptors (Lipinski definition) is 3. The lowest BCUT2D eigenvalue weighted by Gasteiger charge is -2.28. The summed E-state index contributed by atoms with van der Waals surface area (Å²) in [6.45, 7) is 2.64.